The highest BCUT2D eigenvalue weighted by Gasteiger charge is 2.18. The number of aliphatic hydroxyl groups is 1. The van der Waals surface area contributed by atoms with E-state index in [1.54, 1.807) is 13.0 Å². The molecule has 1 aromatic rings. The van der Waals surface area contributed by atoms with Gasteiger partial charge in [-0.1, -0.05) is 17.7 Å². The minimum atomic E-state index is -0.00187. The van der Waals surface area contributed by atoms with E-state index in [2.05, 4.69) is 4.90 Å². The van der Waals surface area contributed by atoms with Crippen LogP contribution in [-0.2, 0) is 11.4 Å². The first-order chi connectivity index (χ1) is 9.11. The van der Waals surface area contributed by atoms with Gasteiger partial charge in [-0.25, -0.2) is 0 Å². The lowest BCUT2D eigenvalue weighted by Gasteiger charge is -2.24. The molecule has 0 aromatic heterocycles. The molecule has 5 heteroatoms. The average Bonchev–Trinajstić information content (AvgIpc) is 2.64. The minimum absolute atomic E-state index is 0.00187. The zero-order valence-corrected chi connectivity index (χ0v) is 11.9. The largest absolute Gasteiger partial charge is 0.392 e. The third-order valence-electron chi connectivity index (χ3n) is 3.48. The van der Waals surface area contributed by atoms with E-state index in [1.807, 2.05) is 17.0 Å². The van der Waals surface area contributed by atoms with Crippen molar-refractivity contribution >= 4 is 23.2 Å². The molecule has 0 aliphatic carbocycles. The van der Waals surface area contributed by atoms with Crippen LogP contribution in [0.2, 0.25) is 5.02 Å². The van der Waals surface area contributed by atoms with Crippen LogP contribution in [-0.4, -0.2) is 42.1 Å². The topological polar surface area (TPSA) is 43.8 Å². The second kappa shape index (κ2) is 6.26. The van der Waals surface area contributed by atoms with Crippen molar-refractivity contribution in [1.82, 2.24) is 4.90 Å². The average molecular weight is 283 g/mol. The maximum absolute atomic E-state index is 11.4. The smallest absolute Gasteiger partial charge is 0.219 e. The van der Waals surface area contributed by atoms with Crippen LogP contribution in [0.15, 0.2) is 18.2 Å². The Labute approximate surface area is 118 Å². The standard InChI is InChI=1S/C14H19ClN2O2/c1-11(19)16-5-2-6-17(8-7-16)14-4-3-12(10-18)9-13(14)15/h3-4,9,18H,2,5-8,10H2,1H3. The van der Waals surface area contributed by atoms with Gasteiger partial charge in [0.2, 0.25) is 5.91 Å². The molecule has 1 fully saturated rings. The number of hydrogen-bond donors (Lipinski definition) is 1. The number of rotatable bonds is 2. The Hall–Kier alpha value is -1.26. The number of nitrogens with zero attached hydrogens (tertiary/aromatic N) is 2. The molecule has 1 amide bonds. The highest BCUT2D eigenvalue weighted by atomic mass is 35.5. The lowest BCUT2D eigenvalue weighted by molar-refractivity contribution is -0.128. The second-order valence-electron chi connectivity index (χ2n) is 4.79. The molecular formula is C14H19ClN2O2. The summed E-state index contributed by atoms with van der Waals surface area (Å²) in [6.45, 7) is 4.82. The van der Waals surface area contributed by atoms with Crippen molar-refractivity contribution < 1.29 is 9.90 Å². The summed E-state index contributed by atoms with van der Waals surface area (Å²) in [5, 5.41) is 9.74. The van der Waals surface area contributed by atoms with Crippen LogP contribution in [0, 0.1) is 0 Å². The van der Waals surface area contributed by atoms with Gasteiger partial charge in [0.05, 0.1) is 17.3 Å². The highest BCUT2D eigenvalue weighted by Crippen LogP contribution is 2.27. The Morgan fingerprint density at radius 1 is 1.32 bits per heavy atom. The molecule has 0 saturated carbocycles. The molecule has 0 bridgehead atoms. The maximum atomic E-state index is 11.4. The van der Waals surface area contributed by atoms with E-state index in [9.17, 15) is 4.79 Å². The van der Waals surface area contributed by atoms with Gasteiger partial charge in [0.25, 0.3) is 0 Å². The predicted molar refractivity (Wildman–Crippen MR) is 76.5 cm³/mol. The highest BCUT2D eigenvalue weighted by molar-refractivity contribution is 6.33. The van der Waals surface area contributed by atoms with Crippen LogP contribution in [0.5, 0.6) is 0 Å². The Morgan fingerprint density at radius 2 is 2.11 bits per heavy atom. The van der Waals surface area contributed by atoms with Crippen LogP contribution in [0.25, 0.3) is 0 Å². The first-order valence-electron chi connectivity index (χ1n) is 6.51. The number of carbonyl (C=O) groups excluding carboxylic acids is 1. The monoisotopic (exact) mass is 282 g/mol. The quantitative estimate of drug-likeness (QED) is 0.901. The Bertz CT molecular complexity index is 465. The fourth-order valence-corrected chi connectivity index (χ4v) is 2.70. The molecule has 0 atom stereocenters. The van der Waals surface area contributed by atoms with Crippen LogP contribution in [0.1, 0.15) is 18.9 Å². The first-order valence-corrected chi connectivity index (χ1v) is 6.89. The number of carbonyl (C=O) groups is 1. The molecule has 1 saturated heterocycles. The van der Waals surface area contributed by atoms with Gasteiger partial charge in [-0.15, -0.1) is 0 Å². The van der Waals surface area contributed by atoms with Crippen molar-refractivity contribution in [3.63, 3.8) is 0 Å². The number of halogens is 1. The molecule has 1 N–H and O–H groups in total. The summed E-state index contributed by atoms with van der Waals surface area (Å²) in [6.07, 6.45) is 0.942. The van der Waals surface area contributed by atoms with E-state index in [0.29, 0.717) is 5.02 Å². The SMILES string of the molecule is CC(=O)N1CCCN(c2ccc(CO)cc2Cl)CC1. The molecule has 0 radical (unpaired) electrons. The van der Waals surface area contributed by atoms with Crippen molar-refractivity contribution in [2.24, 2.45) is 0 Å². The van der Waals surface area contributed by atoms with Gasteiger partial charge in [0, 0.05) is 33.1 Å². The Morgan fingerprint density at radius 3 is 2.74 bits per heavy atom. The van der Waals surface area contributed by atoms with Crippen molar-refractivity contribution in [2.75, 3.05) is 31.1 Å². The van der Waals surface area contributed by atoms with E-state index < -0.39 is 0 Å². The molecule has 0 unspecified atom stereocenters. The number of amides is 1. The Balaban J connectivity index is 2.12. The number of benzene rings is 1. The maximum Gasteiger partial charge on any atom is 0.219 e. The van der Waals surface area contributed by atoms with Gasteiger partial charge in [0.1, 0.15) is 0 Å². The summed E-state index contributed by atoms with van der Waals surface area (Å²) in [4.78, 5) is 15.5. The molecule has 104 valence electrons. The van der Waals surface area contributed by atoms with Gasteiger partial charge >= 0.3 is 0 Å². The minimum Gasteiger partial charge on any atom is -0.392 e. The summed E-state index contributed by atoms with van der Waals surface area (Å²) < 4.78 is 0. The third-order valence-corrected chi connectivity index (χ3v) is 3.78. The summed E-state index contributed by atoms with van der Waals surface area (Å²) >= 11 is 6.26. The fourth-order valence-electron chi connectivity index (χ4n) is 2.38. The normalized spacial score (nSPS) is 16.4. The van der Waals surface area contributed by atoms with Gasteiger partial charge in [-0.3, -0.25) is 4.79 Å². The number of aliphatic hydroxyl groups excluding tert-OH is 1. The van der Waals surface area contributed by atoms with Crippen molar-refractivity contribution in [2.45, 2.75) is 20.0 Å². The molecule has 4 nitrogen and oxygen atoms in total. The zero-order chi connectivity index (χ0) is 13.8. The van der Waals surface area contributed by atoms with Gasteiger partial charge in [-0.2, -0.15) is 0 Å². The molecule has 1 aliphatic heterocycles. The lowest BCUT2D eigenvalue weighted by atomic mass is 10.2. The Kier molecular flexibility index (Phi) is 4.66. The summed E-state index contributed by atoms with van der Waals surface area (Å²) in [7, 11) is 0. The van der Waals surface area contributed by atoms with Crippen LogP contribution in [0.4, 0.5) is 5.69 Å². The molecule has 1 aliphatic rings. The van der Waals surface area contributed by atoms with E-state index >= 15 is 0 Å². The van der Waals surface area contributed by atoms with Crippen LogP contribution < -0.4 is 4.90 Å². The van der Waals surface area contributed by atoms with Crippen molar-refractivity contribution in [3.8, 4) is 0 Å². The van der Waals surface area contributed by atoms with Crippen LogP contribution >= 0.6 is 11.6 Å². The predicted octanol–water partition coefficient (Wildman–Crippen LogP) is 1.89. The number of hydrogen-bond acceptors (Lipinski definition) is 3. The molecule has 0 spiro atoms. The molecule has 1 aromatic carbocycles. The van der Waals surface area contributed by atoms with E-state index in [0.717, 1.165) is 43.9 Å². The second-order valence-corrected chi connectivity index (χ2v) is 5.20. The summed E-state index contributed by atoms with van der Waals surface area (Å²) in [6, 6.07) is 5.62. The summed E-state index contributed by atoms with van der Waals surface area (Å²) in [5.74, 6) is 0.128. The zero-order valence-electron chi connectivity index (χ0n) is 11.1. The van der Waals surface area contributed by atoms with Crippen molar-refractivity contribution in [3.05, 3.63) is 28.8 Å². The van der Waals surface area contributed by atoms with E-state index in [1.165, 1.54) is 0 Å². The van der Waals surface area contributed by atoms with Gasteiger partial charge in [0.15, 0.2) is 0 Å². The van der Waals surface area contributed by atoms with E-state index in [-0.39, 0.29) is 12.5 Å². The summed E-state index contributed by atoms with van der Waals surface area (Å²) in [5.41, 5.74) is 1.79. The van der Waals surface area contributed by atoms with Gasteiger partial charge < -0.3 is 14.9 Å². The third kappa shape index (κ3) is 3.39. The van der Waals surface area contributed by atoms with Gasteiger partial charge in [-0.05, 0) is 24.1 Å². The first kappa shape index (κ1) is 14.2. The van der Waals surface area contributed by atoms with Crippen LogP contribution in [0.3, 0.4) is 0 Å². The molecular weight excluding hydrogens is 264 g/mol. The van der Waals surface area contributed by atoms with Crippen molar-refractivity contribution in [1.29, 1.82) is 0 Å². The number of anilines is 1. The molecule has 1 heterocycles. The van der Waals surface area contributed by atoms with E-state index in [4.69, 9.17) is 16.7 Å². The molecule has 2 rings (SSSR count). The fraction of sp³-hybridized carbons (Fsp3) is 0.500. The lowest BCUT2D eigenvalue weighted by Crippen LogP contribution is -2.33. The molecule has 19 heavy (non-hydrogen) atoms.